The molecule has 1 saturated heterocycles. The highest BCUT2D eigenvalue weighted by atomic mass is 16.5. The van der Waals surface area contributed by atoms with Crippen LogP contribution in [0.5, 0.6) is 5.75 Å². The molecule has 1 N–H and O–H groups in total. The Morgan fingerprint density at radius 3 is 2.75 bits per heavy atom. The third-order valence-corrected chi connectivity index (χ3v) is 3.50. The average molecular weight is 221 g/mol. The molecule has 3 heteroatoms. The standard InChI is InChI=1S/C13H19NO2/c1-13(2)12(15)7-8-14(13)10-5-4-6-11(9-10)16-3/h4-6,9,12,15H,7-8H2,1-3H3. The Hall–Kier alpha value is -1.22. The second-order valence-electron chi connectivity index (χ2n) is 4.81. The molecular weight excluding hydrogens is 202 g/mol. The first kappa shape index (κ1) is 11.3. The number of ether oxygens (including phenoxy) is 1. The first-order valence-electron chi connectivity index (χ1n) is 5.65. The number of rotatable bonds is 2. The Bertz CT molecular complexity index is 376. The Morgan fingerprint density at radius 2 is 2.19 bits per heavy atom. The third kappa shape index (κ3) is 1.76. The van der Waals surface area contributed by atoms with Crippen LogP contribution in [0.4, 0.5) is 5.69 Å². The molecule has 1 aliphatic rings. The fourth-order valence-electron chi connectivity index (χ4n) is 2.31. The molecule has 0 spiro atoms. The molecule has 0 saturated carbocycles. The van der Waals surface area contributed by atoms with Crippen LogP contribution in [-0.4, -0.2) is 30.4 Å². The highest BCUT2D eigenvalue weighted by molar-refractivity contribution is 5.54. The van der Waals surface area contributed by atoms with Gasteiger partial charge < -0.3 is 14.7 Å². The molecule has 88 valence electrons. The van der Waals surface area contributed by atoms with Crippen LogP contribution in [0.25, 0.3) is 0 Å². The maximum atomic E-state index is 9.94. The van der Waals surface area contributed by atoms with Gasteiger partial charge in [-0.1, -0.05) is 6.07 Å². The van der Waals surface area contributed by atoms with Gasteiger partial charge in [-0.05, 0) is 32.4 Å². The van der Waals surface area contributed by atoms with E-state index in [4.69, 9.17) is 4.74 Å². The zero-order valence-corrected chi connectivity index (χ0v) is 10.1. The Kier molecular flexibility index (Phi) is 2.80. The minimum atomic E-state index is -0.265. The number of aliphatic hydroxyl groups excluding tert-OH is 1. The average Bonchev–Trinajstić information content (AvgIpc) is 2.54. The van der Waals surface area contributed by atoms with Gasteiger partial charge in [0.05, 0.1) is 18.8 Å². The molecule has 1 aliphatic heterocycles. The number of hydrogen-bond acceptors (Lipinski definition) is 3. The summed E-state index contributed by atoms with van der Waals surface area (Å²) in [6.45, 7) is 5.04. The lowest BCUT2D eigenvalue weighted by Gasteiger charge is -2.35. The monoisotopic (exact) mass is 221 g/mol. The topological polar surface area (TPSA) is 32.7 Å². The van der Waals surface area contributed by atoms with E-state index < -0.39 is 0 Å². The maximum Gasteiger partial charge on any atom is 0.120 e. The number of methoxy groups -OCH3 is 1. The smallest absolute Gasteiger partial charge is 0.120 e. The van der Waals surface area contributed by atoms with Crippen LogP contribution in [-0.2, 0) is 0 Å². The SMILES string of the molecule is COc1cccc(N2CCC(O)C2(C)C)c1. The molecule has 3 nitrogen and oxygen atoms in total. The summed E-state index contributed by atoms with van der Waals surface area (Å²) in [5.41, 5.74) is 0.910. The Balaban J connectivity index is 2.30. The summed E-state index contributed by atoms with van der Waals surface area (Å²) < 4.78 is 5.22. The van der Waals surface area contributed by atoms with E-state index in [1.807, 2.05) is 18.2 Å². The lowest BCUT2D eigenvalue weighted by atomic mass is 9.98. The van der Waals surface area contributed by atoms with E-state index in [2.05, 4.69) is 24.8 Å². The molecule has 1 atom stereocenters. The van der Waals surface area contributed by atoms with Crippen LogP contribution >= 0.6 is 0 Å². The third-order valence-electron chi connectivity index (χ3n) is 3.50. The van der Waals surface area contributed by atoms with E-state index in [9.17, 15) is 5.11 Å². The summed E-state index contributed by atoms with van der Waals surface area (Å²) in [5.74, 6) is 0.856. The predicted molar refractivity (Wildman–Crippen MR) is 65.0 cm³/mol. The quantitative estimate of drug-likeness (QED) is 0.829. The molecule has 0 bridgehead atoms. The summed E-state index contributed by atoms with van der Waals surface area (Å²) in [5, 5.41) is 9.94. The van der Waals surface area contributed by atoms with Crippen molar-refractivity contribution in [1.82, 2.24) is 0 Å². The predicted octanol–water partition coefficient (Wildman–Crippen LogP) is 2.04. The highest BCUT2D eigenvalue weighted by Gasteiger charge is 2.40. The zero-order chi connectivity index (χ0) is 11.8. The minimum absolute atomic E-state index is 0.202. The van der Waals surface area contributed by atoms with Crippen molar-refractivity contribution in [3.63, 3.8) is 0 Å². The zero-order valence-electron chi connectivity index (χ0n) is 10.1. The second kappa shape index (κ2) is 3.98. The number of aliphatic hydroxyl groups is 1. The van der Waals surface area contributed by atoms with Gasteiger partial charge in [0.2, 0.25) is 0 Å². The Morgan fingerprint density at radius 1 is 1.44 bits per heavy atom. The number of benzene rings is 1. The summed E-state index contributed by atoms with van der Waals surface area (Å²) >= 11 is 0. The van der Waals surface area contributed by atoms with Crippen molar-refractivity contribution in [2.45, 2.75) is 31.9 Å². The van der Waals surface area contributed by atoms with Crippen molar-refractivity contribution >= 4 is 5.69 Å². The number of anilines is 1. The van der Waals surface area contributed by atoms with Crippen molar-refractivity contribution in [2.75, 3.05) is 18.6 Å². The summed E-state index contributed by atoms with van der Waals surface area (Å²) in [4.78, 5) is 2.24. The van der Waals surface area contributed by atoms with Crippen molar-refractivity contribution in [2.24, 2.45) is 0 Å². The van der Waals surface area contributed by atoms with Gasteiger partial charge in [-0.2, -0.15) is 0 Å². The van der Waals surface area contributed by atoms with Crippen LogP contribution in [0, 0.1) is 0 Å². The Labute approximate surface area is 96.6 Å². The first-order valence-corrected chi connectivity index (χ1v) is 5.65. The highest BCUT2D eigenvalue weighted by Crippen LogP contribution is 2.35. The molecule has 0 aromatic heterocycles. The molecule has 1 heterocycles. The molecule has 2 rings (SSSR count). The molecule has 1 fully saturated rings. The van der Waals surface area contributed by atoms with Gasteiger partial charge in [-0.3, -0.25) is 0 Å². The summed E-state index contributed by atoms with van der Waals surface area (Å²) in [7, 11) is 1.67. The van der Waals surface area contributed by atoms with Gasteiger partial charge in [-0.25, -0.2) is 0 Å². The maximum absolute atomic E-state index is 9.94. The van der Waals surface area contributed by atoms with E-state index in [0.29, 0.717) is 0 Å². The van der Waals surface area contributed by atoms with E-state index in [0.717, 1.165) is 24.4 Å². The first-order chi connectivity index (χ1) is 7.55. The van der Waals surface area contributed by atoms with Crippen LogP contribution in [0.2, 0.25) is 0 Å². The minimum Gasteiger partial charge on any atom is -0.497 e. The van der Waals surface area contributed by atoms with E-state index in [1.165, 1.54) is 0 Å². The molecule has 16 heavy (non-hydrogen) atoms. The van der Waals surface area contributed by atoms with Gasteiger partial charge in [0, 0.05) is 18.3 Å². The lowest BCUT2D eigenvalue weighted by molar-refractivity contribution is 0.127. The lowest BCUT2D eigenvalue weighted by Crippen LogP contribution is -2.45. The van der Waals surface area contributed by atoms with E-state index in [-0.39, 0.29) is 11.6 Å². The van der Waals surface area contributed by atoms with Gasteiger partial charge in [-0.15, -0.1) is 0 Å². The fourth-order valence-corrected chi connectivity index (χ4v) is 2.31. The summed E-state index contributed by atoms with van der Waals surface area (Å²) in [6.07, 6.45) is 0.559. The molecule has 0 amide bonds. The van der Waals surface area contributed by atoms with Crippen molar-refractivity contribution < 1.29 is 9.84 Å². The molecule has 1 aromatic carbocycles. The van der Waals surface area contributed by atoms with Crippen molar-refractivity contribution in [1.29, 1.82) is 0 Å². The number of nitrogens with zero attached hydrogens (tertiary/aromatic N) is 1. The van der Waals surface area contributed by atoms with E-state index >= 15 is 0 Å². The summed E-state index contributed by atoms with van der Waals surface area (Å²) in [6, 6.07) is 7.99. The van der Waals surface area contributed by atoms with Crippen molar-refractivity contribution in [3.05, 3.63) is 24.3 Å². The van der Waals surface area contributed by atoms with Crippen LogP contribution in [0.15, 0.2) is 24.3 Å². The molecule has 1 aromatic rings. The number of hydrogen-bond donors (Lipinski definition) is 1. The van der Waals surface area contributed by atoms with Crippen molar-refractivity contribution in [3.8, 4) is 5.75 Å². The van der Waals surface area contributed by atoms with Gasteiger partial charge in [0.1, 0.15) is 5.75 Å². The second-order valence-corrected chi connectivity index (χ2v) is 4.81. The molecule has 0 radical (unpaired) electrons. The van der Waals surface area contributed by atoms with Crippen LogP contribution in [0.3, 0.4) is 0 Å². The molecule has 1 unspecified atom stereocenters. The van der Waals surface area contributed by atoms with Gasteiger partial charge in [0.15, 0.2) is 0 Å². The normalized spacial score (nSPS) is 23.5. The van der Waals surface area contributed by atoms with Crippen LogP contribution < -0.4 is 9.64 Å². The van der Waals surface area contributed by atoms with Crippen LogP contribution in [0.1, 0.15) is 20.3 Å². The van der Waals surface area contributed by atoms with E-state index in [1.54, 1.807) is 7.11 Å². The van der Waals surface area contributed by atoms with Gasteiger partial charge in [0.25, 0.3) is 0 Å². The molecular formula is C13H19NO2. The largest absolute Gasteiger partial charge is 0.497 e. The molecule has 0 aliphatic carbocycles. The fraction of sp³-hybridized carbons (Fsp3) is 0.538. The van der Waals surface area contributed by atoms with Gasteiger partial charge >= 0.3 is 0 Å².